The van der Waals surface area contributed by atoms with Crippen LogP contribution in [0.2, 0.25) is 10.0 Å². The second-order valence-electron chi connectivity index (χ2n) is 6.59. The molecule has 4 nitrogen and oxygen atoms in total. The normalized spacial score (nSPS) is 11.0. The number of rotatable bonds is 11. The maximum absolute atomic E-state index is 6.48. The van der Waals surface area contributed by atoms with Gasteiger partial charge in [-0.2, -0.15) is 0 Å². The number of nitrogens with one attached hydrogen (secondary N) is 1. The molecule has 0 aliphatic rings. The molecule has 1 N–H and O–H groups in total. The highest BCUT2D eigenvalue weighted by molar-refractivity contribution is 6.32. The van der Waals surface area contributed by atoms with Crippen LogP contribution in [0.25, 0.3) is 0 Å². The standard InChI is InChI=1S/C21H28Cl2N2O2/c1-4-26-20-13-17(14-24-9-6-10-25(2)3)12-19(23)21(20)27-15-16-7-5-8-18(22)11-16/h5,7-8,11-13,24H,4,6,9-10,14-15H2,1-3H3. The van der Waals surface area contributed by atoms with Gasteiger partial charge >= 0.3 is 0 Å². The van der Waals surface area contributed by atoms with E-state index >= 15 is 0 Å². The molecular formula is C21H28Cl2N2O2. The average Bonchev–Trinajstić information content (AvgIpc) is 2.61. The lowest BCUT2D eigenvalue weighted by Crippen LogP contribution is -2.21. The van der Waals surface area contributed by atoms with Crippen LogP contribution in [0.3, 0.4) is 0 Å². The summed E-state index contributed by atoms with van der Waals surface area (Å²) in [6.45, 7) is 5.62. The predicted octanol–water partition coefficient (Wildman–Crippen LogP) is 5.01. The van der Waals surface area contributed by atoms with Gasteiger partial charge in [0, 0.05) is 11.6 Å². The van der Waals surface area contributed by atoms with Gasteiger partial charge in [0.25, 0.3) is 0 Å². The van der Waals surface area contributed by atoms with E-state index in [0.29, 0.717) is 34.8 Å². The van der Waals surface area contributed by atoms with E-state index in [1.165, 1.54) is 0 Å². The molecule has 0 unspecified atom stereocenters. The van der Waals surface area contributed by atoms with Crippen molar-refractivity contribution < 1.29 is 9.47 Å². The molecule has 27 heavy (non-hydrogen) atoms. The van der Waals surface area contributed by atoms with Crippen molar-refractivity contribution >= 4 is 23.2 Å². The molecule has 148 valence electrons. The van der Waals surface area contributed by atoms with E-state index < -0.39 is 0 Å². The lowest BCUT2D eigenvalue weighted by Gasteiger charge is -2.16. The largest absolute Gasteiger partial charge is 0.490 e. The molecular weight excluding hydrogens is 383 g/mol. The second-order valence-corrected chi connectivity index (χ2v) is 7.43. The molecule has 0 atom stereocenters. The van der Waals surface area contributed by atoms with Crippen LogP contribution in [0.4, 0.5) is 0 Å². The van der Waals surface area contributed by atoms with Crippen molar-refractivity contribution in [2.24, 2.45) is 0 Å². The highest BCUT2D eigenvalue weighted by Gasteiger charge is 2.13. The van der Waals surface area contributed by atoms with Gasteiger partial charge in [0.05, 0.1) is 11.6 Å². The smallest absolute Gasteiger partial charge is 0.180 e. The highest BCUT2D eigenvalue weighted by atomic mass is 35.5. The molecule has 0 aliphatic heterocycles. The molecule has 0 bridgehead atoms. The molecule has 0 amide bonds. The minimum Gasteiger partial charge on any atom is -0.490 e. The molecule has 2 aromatic carbocycles. The molecule has 2 rings (SSSR count). The summed E-state index contributed by atoms with van der Waals surface area (Å²) in [5.74, 6) is 1.23. The SMILES string of the molecule is CCOc1cc(CNCCCN(C)C)cc(Cl)c1OCc1cccc(Cl)c1. The van der Waals surface area contributed by atoms with Gasteiger partial charge < -0.3 is 19.7 Å². The number of ether oxygens (including phenoxy) is 2. The molecule has 0 spiro atoms. The van der Waals surface area contributed by atoms with Gasteiger partial charge in [-0.05, 0) is 75.9 Å². The van der Waals surface area contributed by atoms with Gasteiger partial charge in [-0.3, -0.25) is 0 Å². The fourth-order valence-electron chi connectivity index (χ4n) is 2.66. The predicted molar refractivity (Wildman–Crippen MR) is 113 cm³/mol. The Morgan fingerprint density at radius 1 is 1.04 bits per heavy atom. The van der Waals surface area contributed by atoms with Gasteiger partial charge in [-0.25, -0.2) is 0 Å². The fraction of sp³-hybridized carbons (Fsp3) is 0.429. The van der Waals surface area contributed by atoms with E-state index in [1.54, 1.807) is 0 Å². The Kier molecular flexibility index (Phi) is 9.22. The van der Waals surface area contributed by atoms with Gasteiger partial charge in [-0.1, -0.05) is 35.3 Å². The van der Waals surface area contributed by atoms with Gasteiger partial charge in [0.1, 0.15) is 6.61 Å². The van der Waals surface area contributed by atoms with Crippen molar-refractivity contribution in [3.63, 3.8) is 0 Å². The summed E-state index contributed by atoms with van der Waals surface area (Å²) in [6, 6.07) is 11.5. The van der Waals surface area contributed by atoms with E-state index in [4.69, 9.17) is 32.7 Å². The molecule has 0 saturated heterocycles. The number of hydrogen-bond acceptors (Lipinski definition) is 4. The summed E-state index contributed by atoms with van der Waals surface area (Å²) in [7, 11) is 4.16. The average molecular weight is 411 g/mol. The van der Waals surface area contributed by atoms with E-state index in [9.17, 15) is 0 Å². The number of nitrogens with zero attached hydrogens (tertiary/aromatic N) is 1. The number of benzene rings is 2. The van der Waals surface area contributed by atoms with Crippen LogP contribution in [0.5, 0.6) is 11.5 Å². The Morgan fingerprint density at radius 2 is 1.85 bits per heavy atom. The Morgan fingerprint density at radius 3 is 2.56 bits per heavy atom. The molecule has 0 radical (unpaired) electrons. The third kappa shape index (κ3) is 7.59. The molecule has 0 heterocycles. The second kappa shape index (κ2) is 11.4. The molecule has 6 heteroatoms. The summed E-state index contributed by atoms with van der Waals surface area (Å²) in [4.78, 5) is 2.18. The summed E-state index contributed by atoms with van der Waals surface area (Å²) >= 11 is 12.5. The van der Waals surface area contributed by atoms with Crippen LogP contribution >= 0.6 is 23.2 Å². The first-order valence-electron chi connectivity index (χ1n) is 9.17. The van der Waals surface area contributed by atoms with Crippen molar-refractivity contribution in [2.45, 2.75) is 26.5 Å². The van der Waals surface area contributed by atoms with Gasteiger partial charge in [0.2, 0.25) is 0 Å². The van der Waals surface area contributed by atoms with E-state index in [1.807, 2.05) is 43.3 Å². The minimum atomic E-state index is 0.377. The third-order valence-electron chi connectivity index (χ3n) is 3.93. The third-order valence-corrected chi connectivity index (χ3v) is 4.45. The Labute approximate surface area is 172 Å². The fourth-order valence-corrected chi connectivity index (χ4v) is 3.16. The van der Waals surface area contributed by atoms with Crippen molar-refractivity contribution in [1.82, 2.24) is 10.2 Å². The monoisotopic (exact) mass is 410 g/mol. The van der Waals surface area contributed by atoms with Gasteiger partial charge in [0.15, 0.2) is 11.5 Å². The topological polar surface area (TPSA) is 33.7 Å². The Hall–Kier alpha value is -1.46. The zero-order chi connectivity index (χ0) is 19.6. The van der Waals surface area contributed by atoms with Crippen molar-refractivity contribution in [3.05, 3.63) is 57.6 Å². The van der Waals surface area contributed by atoms with E-state index in [0.717, 1.165) is 37.2 Å². The minimum absolute atomic E-state index is 0.377. The lowest BCUT2D eigenvalue weighted by atomic mass is 10.2. The quantitative estimate of drug-likeness (QED) is 0.527. The summed E-state index contributed by atoms with van der Waals surface area (Å²) in [6.07, 6.45) is 1.10. The van der Waals surface area contributed by atoms with Crippen molar-refractivity contribution in [2.75, 3.05) is 33.8 Å². The van der Waals surface area contributed by atoms with Gasteiger partial charge in [-0.15, -0.1) is 0 Å². The molecule has 0 aliphatic carbocycles. The Balaban J connectivity index is 2.01. The van der Waals surface area contributed by atoms with Crippen LogP contribution in [0, 0.1) is 0 Å². The van der Waals surface area contributed by atoms with Crippen LogP contribution < -0.4 is 14.8 Å². The first-order chi connectivity index (χ1) is 13.0. The van der Waals surface area contributed by atoms with Crippen LogP contribution in [0.15, 0.2) is 36.4 Å². The first-order valence-corrected chi connectivity index (χ1v) is 9.93. The molecule has 0 saturated carbocycles. The molecule has 2 aromatic rings. The highest BCUT2D eigenvalue weighted by Crippen LogP contribution is 2.37. The maximum atomic E-state index is 6.48. The van der Waals surface area contributed by atoms with E-state index in [2.05, 4.69) is 24.3 Å². The van der Waals surface area contributed by atoms with Crippen LogP contribution in [-0.2, 0) is 13.2 Å². The van der Waals surface area contributed by atoms with E-state index in [-0.39, 0.29) is 0 Å². The van der Waals surface area contributed by atoms with Crippen LogP contribution in [-0.4, -0.2) is 38.7 Å². The summed E-state index contributed by atoms with van der Waals surface area (Å²) in [5, 5.41) is 4.67. The molecule has 0 fully saturated rings. The zero-order valence-electron chi connectivity index (χ0n) is 16.2. The Bertz CT molecular complexity index is 723. The summed E-state index contributed by atoms with van der Waals surface area (Å²) in [5.41, 5.74) is 2.05. The molecule has 0 aromatic heterocycles. The number of hydrogen-bond donors (Lipinski definition) is 1. The summed E-state index contributed by atoms with van der Waals surface area (Å²) < 4.78 is 11.7. The maximum Gasteiger partial charge on any atom is 0.180 e. The zero-order valence-corrected chi connectivity index (χ0v) is 17.7. The first kappa shape index (κ1) is 21.8. The number of halogens is 2. The lowest BCUT2D eigenvalue weighted by molar-refractivity contribution is 0.269. The van der Waals surface area contributed by atoms with Crippen molar-refractivity contribution in [1.29, 1.82) is 0 Å². The van der Waals surface area contributed by atoms with Crippen LogP contribution in [0.1, 0.15) is 24.5 Å². The van der Waals surface area contributed by atoms with Crippen molar-refractivity contribution in [3.8, 4) is 11.5 Å².